The standard InChI is InChI=1S/C20H26/c1-13-7-9-19(17(5)15(13)3)11-12-20-10-8-14(2)16(4)18(20)6/h7-10H,11-12H2,1-6H3. The fourth-order valence-corrected chi connectivity index (χ4v) is 2.84. The van der Waals surface area contributed by atoms with Crippen molar-refractivity contribution in [3.63, 3.8) is 0 Å². The molecule has 0 unspecified atom stereocenters. The first-order valence-corrected chi connectivity index (χ1v) is 7.53. The number of rotatable bonds is 3. The molecule has 2 aromatic carbocycles. The van der Waals surface area contributed by atoms with Crippen LogP contribution in [0.1, 0.15) is 44.5 Å². The lowest BCUT2D eigenvalue weighted by molar-refractivity contribution is 0.928. The Morgan fingerprint density at radius 1 is 0.500 bits per heavy atom. The topological polar surface area (TPSA) is 0 Å². The predicted octanol–water partition coefficient (Wildman–Crippen LogP) is 5.32. The third-order valence-electron chi connectivity index (χ3n) is 5.00. The van der Waals surface area contributed by atoms with Gasteiger partial charge in [-0.25, -0.2) is 0 Å². The Hall–Kier alpha value is -1.56. The molecule has 0 atom stereocenters. The van der Waals surface area contributed by atoms with Gasteiger partial charge in [-0.15, -0.1) is 0 Å². The molecular weight excluding hydrogens is 240 g/mol. The van der Waals surface area contributed by atoms with E-state index in [0.717, 1.165) is 12.8 Å². The van der Waals surface area contributed by atoms with Crippen LogP contribution in [0.5, 0.6) is 0 Å². The Kier molecular flexibility index (Phi) is 4.32. The minimum atomic E-state index is 1.14. The van der Waals surface area contributed by atoms with Crippen LogP contribution >= 0.6 is 0 Å². The summed E-state index contributed by atoms with van der Waals surface area (Å²) in [6.45, 7) is 13.4. The summed E-state index contributed by atoms with van der Waals surface area (Å²) in [4.78, 5) is 0. The highest BCUT2D eigenvalue weighted by Gasteiger charge is 2.07. The van der Waals surface area contributed by atoms with Crippen LogP contribution in [0, 0.1) is 41.5 Å². The minimum Gasteiger partial charge on any atom is -0.0588 e. The van der Waals surface area contributed by atoms with Crippen LogP contribution in [0.4, 0.5) is 0 Å². The van der Waals surface area contributed by atoms with Crippen LogP contribution in [0.2, 0.25) is 0 Å². The van der Waals surface area contributed by atoms with Gasteiger partial charge in [0.15, 0.2) is 0 Å². The summed E-state index contributed by atoms with van der Waals surface area (Å²) < 4.78 is 0. The molecule has 0 heteroatoms. The number of benzene rings is 2. The maximum absolute atomic E-state index is 2.30. The molecule has 0 amide bonds. The molecule has 0 radical (unpaired) electrons. The van der Waals surface area contributed by atoms with Crippen LogP contribution in [0.15, 0.2) is 24.3 Å². The molecule has 0 saturated carbocycles. The van der Waals surface area contributed by atoms with Gasteiger partial charge >= 0.3 is 0 Å². The van der Waals surface area contributed by atoms with Crippen LogP contribution < -0.4 is 0 Å². The van der Waals surface area contributed by atoms with Gasteiger partial charge in [-0.05, 0) is 98.9 Å². The van der Waals surface area contributed by atoms with Gasteiger partial charge in [-0.3, -0.25) is 0 Å². The van der Waals surface area contributed by atoms with Crippen molar-refractivity contribution in [1.82, 2.24) is 0 Å². The third-order valence-corrected chi connectivity index (χ3v) is 5.00. The zero-order valence-corrected chi connectivity index (χ0v) is 13.7. The molecule has 0 saturated heterocycles. The Morgan fingerprint density at radius 2 is 0.850 bits per heavy atom. The van der Waals surface area contributed by atoms with Crippen LogP contribution in [0.25, 0.3) is 0 Å². The van der Waals surface area contributed by atoms with E-state index in [1.807, 2.05) is 0 Å². The lowest BCUT2D eigenvalue weighted by atomic mass is 9.92. The van der Waals surface area contributed by atoms with E-state index in [2.05, 4.69) is 65.8 Å². The zero-order chi connectivity index (χ0) is 14.9. The summed E-state index contributed by atoms with van der Waals surface area (Å²) in [5.74, 6) is 0. The monoisotopic (exact) mass is 266 g/mol. The Balaban J connectivity index is 2.22. The van der Waals surface area contributed by atoms with Gasteiger partial charge in [0.25, 0.3) is 0 Å². The van der Waals surface area contributed by atoms with E-state index < -0.39 is 0 Å². The zero-order valence-electron chi connectivity index (χ0n) is 13.7. The lowest BCUT2D eigenvalue weighted by Crippen LogP contribution is -2.00. The highest BCUT2D eigenvalue weighted by Crippen LogP contribution is 2.22. The second-order valence-electron chi connectivity index (χ2n) is 6.08. The Morgan fingerprint density at radius 3 is 1.20 bits per heavy atom. The van der Waals surface area contributed by atoms with Gasteiger partial charge in [-0.2, -0.15) is 0 Å². The largest absolute Gasteiger partial charge is 0.0588 e. The highest BCUT2D eigenvalue weighted by molar-refractivity contribution is 5.41. The molecule has 2 aromatic rings. The SMILES string of the molecule is Cc1ccc(CCc2ccc(C)c(C)c2C)c(C)c1C. The van der Waals surface area contributed by atoms with Crippen molar-refractivity contribution >= 4 is 0 Å². The van der Waals surface area contributed by atoms with Crippen molar-refractivity contribution in [3.05, 3.63) is 68.8 Å². The summed E-state index contributed by atoms with van der Waals surface area (Å²) in [6, 6.07) is 9.11. The van der Waals surface area contributed by atoms with Gasteiger partial charge in [-0.1, -0.05) is 24.3 Å². The summed E-state index contributed by atoms with van der Waals surface area (Å²) in [5.41, 5.74) is 11.6. The molecule has 0 aliphatic rings. The van der Waals surface area contributed by atoms with Gasteiger partial charge in [0.1, 0.15) is 0 Å². The Labute approximate surface area is 123 Å². The molecule has 0 heterocycles. The molecule has 2 rings (SSSR count). The van der Waals surface area contributed by atoms with E-state index in [1.54, 1.807) is 0 Å². The lowest BCUT2D eigenvalue weighted by Gasteiger charge is -2.14. The van der Waals surface area contributed by atoms with Crippen LogP contribution in [0.3, 0.4) is 0 Å². The summed E-state index contributed by atoms with van der Waals surface area (Å²) in [5, 5.41) is 0. The Bertz CT molecular complexity index is 575. The van der Waals surface area contributed by atoms with Gasteiger partial charge < -0.3 is 0 Å². The van der Waals surface area contributed by atoms with Gasteiger partial charge in [0.05, 0.1) is 0 Å². The van der Waals surface area contributed by atoms with Crippen molar-refractivity contribution < 1.29 is 0 Å². The van der Waals surface area contributed by atoms with Crippen molar-refractivity contribution in [2.75, 3.05) is 0 Å². The molecule has 0 aliphatic heterocycles. The summed E-state index contributed by atoms with van der Waals surface area (Å²) in [6.07, 6.45) is 2.27. The fourth-order valence-electron chi connectivity index (χ4n) is 2.84. The maximum Gasteiger partial charge on any atom is -0.0235 e. The van der Waals surface area contributed by atoms with Gasteiger partial charge in [0, 0.05) is 0 Å². The summed E-state index contributed by atoms with van der Waals surface area (Å²) >= 11 is 0. The fraction of sp³-hybridized carbons (Fsp3) is 0.400. The van der Waals surface area contributed by atoms with E-state index >= 15 is 0 Å². The molecule has 0 aromatic heterocycles. The third kappa shape index (κ3) is 2.80. The average Bonchev–Trinajstić information content (AvgIpc) is 2.43. The molecular formula is C20H26. The van der Waals surface area contributed by atoms with E-state index in [0.29, 0.717) is 0 Å². The first-order valence-electron chi connectivity index (χ1n) is 7.53. The van der Waals surface area contributed by atoms with E-state index in [9.17, 15) is 0 Å². The predicted molar refractivity (Wildman–Crippen MR) is 88.7 cm³/mol. The first-order chi connectivity index (χ1) is 9.41. The maximum atomic E-state index is 2.30. The van der Waals surface area contributed by atoms with Crippen molar-refractivity contribution in [2.45, 2.75) is 54.4 Å². The average molecular weight is 266 g/mol. The molecule has 0 nitrogen and oxygen atoms in total. The van der Waals surface area contributed by atoms with Crippen LogP contribution in [-0.2, 0) is 12.8 Å². The number of hydrogen-bond donors (Lipinski definition) is 0. The molecule has 20 heavy (non-hydrogen) atoms. The molecule has 0 aliphatic carbocycles. The van der Waals surface area contributed by atoms with Crippen LogP contribution in [-0.4, -0.2) is 0 Å². The number of hydrogen-bond acceptors (Lipinski definition) is 0. The van der Waals surface area contributed by atoms with Gasteiger partial charge in [0.2, 0.25) is 0 Å². The van der Waals surface area contributed by atoms with Crippen molar-refractivity contribution in [3.8, 4) is 0 Å². The smallest absolute Gasteiger partial charge is 0.0235 e. The quantitative estimate of drug-likeness (QED) is 0.705. The van der Waals surface area contributed by atoms with Crippen molar-refractivity contribution in [1.29, 1.82) is 0 Å². The molecule has 106 valence electrons. The molecule has 0 fully saturated rings. The second kappa shape index (κ2) is 5.83. The highest BCUT2D eigenvalue weighted by atomic mass is 14.1. The van der Waals surface area contributed by atoms with Crippen molar-refractivity contribution in [2.24, 2.45) is 0 Å². The van der Waals surface area contributed by atoms with E-state index in [4.69, 9.17) is 0 Å². The minimum absolute atomic E-state index is 1.14. The first kappa shape index (κ1) is 14.8. The molecule has 0 bridgehead atoms. The van der Waals surface area contributed by atoms with E-state index in [1.165, 1.54) is 44.5 Å². The molecule has 0 N–H and O–H groups in total. The second-order valence-corrected chi connectivity index (χ2v) is 6.08. The molecule has 0 spiro atoms. The normalized spacial score (nSPS) is 10.9. The summed E-state index contributed by atoms with van der Waals surface area (Å²) in [7, 11) is 0. The number of aryl methyl sites for hydroxylation is 4. The van der Waals surface area contributed by atoms with E-state index in [-0.39, 0.29) is 0 Å².